The van der Waals surface area contributed by atoms with Crippen molar-refractivity contribution in [2.24, 2.45) is 0 Å². The van der Waals surface area contributed by atoms with E-state index in [-0.39, 0.29) is 12.8 Å². The summed E-state index contributed by atoms with van der Waals surface area (Å²) >= 11 is 0. The molecule has 116 valence electrons. The average molecular weight is 295 g/mol. The standard InChI is InChI=1S/C13H20F3NO3/c1-11(2,3)20-10(19)17-12(7-5-4-6-8-12)9(18)13(14,15)16/h4-8H2,1-3H3,(H,17,19). The Bertz CT molecular complexity index is 379. The first-order chi connectivity index (χ1) is 8.96. The van der Waals surface area contributed by atoms with E-state index >= 15 is 0 Å². The van der Waals surface area contributed by atoms with Crippen molar-refractivity contribution in [3.05, 3.63) is 0 Å². The Kier molecular flexibility index (Phi) is 4.71. The van der Waals surface area contributed by atoms with Crippen molar-refractivity contribution in [3.63, 3.8) is 0 Å². The van der Waals surface area contributed by atoms with E-state index in [0.717, 1.165) is 6.42 Å². The Morgan fingerprint density at radius 2 is 1.55 bits per heavy atom. The molecule has 1 amide bonds. The quantitative estimate of drug-likeness (QED) is 0.850. The minimum Gasteiger partial charge on any atom is -0.444 e. The molecule has 0 aromatic heterocycles. The fourth-order valence-electron chi connectivity index (χ4n) is 2.33. The third kappa shape index (κ3) is 4.38. The Balaban J connectivity index is 2.90. The number of alkyl halides is 3. The normalized spacial score (nSPS) is 19.3. The topological polar surface area (TPSA) is 55.4 Å². The van der Waals surface area contributed by atoms with Crippen LogP contribution in [-0.4, -0.2) is 29.2 Å². The third-order valence-electron chi connectivity index (χ3n) is 3.14. The van der Waals surface area contributed by atoms with Gasteiger partial charge in [-0.2, -0.15) is 13.2 Å². The van der Waals surface area contributed by atoms with E-state index in [1.54, 1.807) is 20.8 Å². The molecule has 0 unspecified atom stereocenters. The molecule has 1 N–H and O–H groups in total. The van der Waals surface area contributed by atoms with Crippen LogP contribution < -0.4 is 5.32 Å². The van der Waals surface area contributed by atoms with E-state index in [2.05, 4.69) is 5.32 Å². The smallest absolute Gasteiger partial charge is 0.444 e. The van der Waals surface area contributed by atoms with Gasteiger partial charge in [0.15, 0.2) is 0 Å². The SMILES string of the molecule is CC(C)(C)OC(=O)NC1(C(=O)C(F)(F)F)CCCCC1. The number of ether oxygens (including phenoxy) is 1. The Hall–Kier alpha value is -1.27. The minimum absolute atomic E-state index is 0.00934. The van der Waals surface area contributed by atoms with Crippen LogP contribution in [0.25, 0.3) is 0 Å². The number of ketones is 1. The maximum absolute atomic E-state index is 12.7. The zero-order valence-electron chi connectivity index (χ0n) is 11.9. The van der Waals surface area contributed by atoms with Gasteiger partial charge in [0.05, 0.1) is 0 Å². The fraction of sp³-hybridized carbons (Fsp3) is 0.846. The van der Waals surface area contributed by atoms with Gasteiger partial charge < -0.3 is 10.1 Å². The highest BCUT2D eigenvalue weighted by Crippen LogP contribution is 2.35. The van der Waals surface area contributed by atoms with E-state index in [0.29, 0.717) is 12.8 Å². The Labute approximate surface area is 116 Å². The molecule has 1 aliphatic carbocycles. The molecule has 0 bridgehead atoms. The number of rotatable bonds is 2. The average Bonchev–Trinajstić information content (AvgIpc) is 2.25. The highest BCUT2D eigenvalue weighted by molar-refractivity contribution is 5.95. The first-order valence-corrected chi connectivity index (χ1v) is 6.59. The molecule has 0 atom stereocenters. The zero-order chi connectivity index (χ0) is 15.6. The summed E-state index contributed by atoms with van der Waals surface area (Å²) in [6, 6.07) is 0. The van der Waals surface area contributed by atoms with Crippen molar-refractivity contribution in [1.29, 1.82) is 0 Å². The number of nitrogens with one attached hydrogen (secondary N) is 1. The molecule has 0 aliphatic heterocycles. The van der Waals surface area contributed by atoms with Gasteiger partial charge in [0.2, 0.25) is 0 Å². The van der Waals surface area contributed by atoms with Gasteiger partial charge >= 0.3 is 12.3 Å². The molecule has 4 nitrogen and oxygen atoms in total. The van der Waals surface area contributed by atoms with Crippen LogP contribution in [0.4, 0.5) is 18.0 Å². The second-order valence-corrected chi connectivity index (χ2v) is 6.10. The first kappa shape index (κ1) is 16.8. The molecule has 1 fully saturated rings. The lowest BCUT2D eigenvalue weighted by atomic mass is 9.78. The lowest BCUT2D eigenvalue weighted by Gasteiger charge is -2.37. The van der Waals surface area contributed by atoms with Gasteiger partial charge in [0, 0.05) is 0 Å². The van der Waals surface area contributed by atoms with Crippen LogP contribution in [-0.2, 0) is 9.53 Å². The molecule has 1 aliphatic rings. The maximum Gasteiger partial charge on any atom is 0.452 e. The summed E-state index contributed by atoms with van der Waals surface area (Å²) < 4.78 is 43.1. The van der Waals surface area contributed by atoms with Crippen LogP contribution in [0.3, 0.4) is 0 Å². The lowest BCUT2D eigenvalue weighted by molar-refractivity contribution is -0.179. The number of Topliss-reactive ketones (excluding diaryl/α,β-unsaturated/α-hetero) is 1. The van der Waals surface area contributed by atoms with Gasteiger partial charge in [0.1, 0.15) is 11.1 Å². The molecule has 1 saturated carbocycles. The lowest BCUT2D eigenvalue weighted by Crippen LogP contribution is -2.60. The fourth-order valence-corrected chi connectivity index (χ4v) is 2.33. The maximum atomic E-state index is 12.7. The van der Waals surface area contributed by atoms with Crippen molar-refractivity contribution in [2.45, 2.75) is 70.2 Å². The summed E-state index contributed by atoms with van der Waals surface area (Å²) in [7, 11) is 0. The van der Waals surface area contributed by atoms with Crippen molar-refractivity contribution in [1.82, 2.24) is 5.32 Å². The van der Waals surface area contributed by atoms with Crippen LogP contribution in [0.5, 0.6) is 0 Å². The van der Waals surface area contributed by atoms with E-state index in [1.807, 2.05) is 0 Å². The van der Waals surface area contributed by atoms with Crippen LogP contribution in [0, 0.1) is 0 Å². The largest absolute Gasteiger partial charge is 0.452 e. The van der Waals surface area contributed by atoms with Gasteiger partial charge in [-0.1, -0.05) is 19.3 Å². The predicted octanol–water partition coefficient (Wildman–Crippen LogP) is 3.35. The first-order valence-electron chi connectivity index (χ1n) is 6.59. The highest BCUT2D eigenvalue weighted by atomic mass is 19.4. The number of hydrogen-bond acceptors (Lipinski definition) is 3. The second kappa shape index (κ2) is 5.61. The van der Waals surface area contributed by atoms with Crippen LogP contribution in [0.2, 0.25) is 0 Å². The molecule has 0 radical (unpaired) electrons. The molecule has 0 heterocycles. The van der Waals surface area contributed by atoms with Gasteiger partial charge in [-0.3, -0.25) is 4.79 Å². The molecule has 0 saturated heterocycles. The molecule has 20 heavy (non-hydrogen) atoms. The number of carbonyl (C=O) groups is 2. The van der Waals surface area contributed by atoms with Crippen LogP contribution >= 0.6 is 0 Å². The van der Waals surface area contributed by atoms with Crippen molar-refractivity contribution in [3.8, 4) is 0 Å². The molecule has 7 heteroatoms. The molecular formula is C13H20F3NO3. The van der Waals surface area contributed by atoms with Gasteiger partial charge in [-0.25, -0.2) is 4.79 Å². The summed E-state index contributed by atoms with van der Waals surface area (Å²) in [6.45, 7) is 4.81. The molecule has 0 aromatic carbocycles. The Morgan fingerprint density at radius 1 is 1.05 bits per heavy atom. The monoisotopic (exact) mass is 295 g/mol. The number of carbonyl (C=O) groups excluding carboxylic acids is 2. The van der Waals surface area contributed by atoms with Crippen LogP contribution in [0.15, 0.2) is 0 Å². The number of amides is 1. The summed E-state index contributed by atoms with van der Waals surface area (Å²) in [5.41, 5.74) is -2.71. The predicted molar refractivity (Wildman–Crippen MR) is 66.2 cm³/mol. The minimum atomic E-state index is -4.97. The van der Waals surface area contributed by atoms with E-state index in [4.69, 9.17) is 4.74 Å². The number of alkyl carbamates (subject to hydrolysis) is 1. The highest BCUT2D eigenvalue weighted by Gasteiger charge is 2.54. The Morgan fingerprint density at radius 3 is 1.95 bits per heavy atom. The summed E-state index contributed by atoms with van der Waals surface area (Å²) in [5, 5.41) is 2.16. The third-order valence-corrected chi connectivity index (χ3v) is 3.14. The number of hydrogen-bond donors (Lipinski definition) is 1. The summed E-state index contributed by atoms with van der Waals surface area (Å²) in [4.78, 5) is 23.4. The molecule has 1 rings (SSSR count). The van der Waals surface area contributed by atoms with Crippen molar-refractivity contribution < 1.29 is 27.5 Å². The van der Waals surface area contributed by atoms with Crippen LogP contribution in [0.1, 0.15) is 52.9 Å². The summed E-state index contributed by atoms with van der Waals surface area (Å²) in [5.74, 6) is -1.89. The molecule has 0 aromatic rings. The van der Waals surface area contributed by atoms with Gasteiger partial charge in [0.25, 0.3) is 5.78 Å². The molecule has 0 spiro atoms. The van der Waals surface area contributed by atoms with E-state index in [1.165, 1.54) is 0 Å². The van der Waals surface area contributed by atoms with E-state index in [9.17, 15) is 22.8 Å². The zero-order valence-corrected chi connectivity index (χ0v) is 11.9. The van der Waals surface area contributed by atoms with Crippen molar-refractivity contribution >= 4 is 11.9 Å². The van der Waals surface area contributed by atoms with E-state index < -0.39 is 29.2 Å². The summed E-state index contributed by atoms with van der Waals surface area (Å²) in [6.07, 6.45) is -4.28. The van der Waals surface area contributed by atoms with Gasteiger partial charge in [-0.15, -0.1) is 0 Å². The van der Waals surface area contributed by atoms with Crippen molar-refractivity contribution in [2.75, 3.05) is 0 Å². The van der Waals surface area contributed by atoms with Gasteiger partial charge in [-0.05, 0) is 33.6 Å². The second-order valence-electron chi connectivity index (χ2n) is 6.10. The molecular weight excluding hydrogens is 275 g/mol. The number of halogens is 3.